The number of esters is 1. The molecule has 1 amide bonds. The number of amides is 1. The van der Waals surface area contributed by atoms with Crippen LogP contribution in [0.15, 0.2) is 85.1 Å². The third-order valence-electron chi connectivity index (χ3n) is 7.66. The average Bonchev–Trinajstić information content (AvgIpc) is 3.57. The van der Waals surface area contributed by atoms with E-state index < -0.39 is 11.7 Å². The quantitative estimate of drug-likeness (QED) is 0.232. The predicted octanol–water partition coefficient (Wildman–Crippen LogP) is 8.48. The number of carbonyl (C=O) groups is 2. The standard InChI is InChI=1S/C21H31NO3.C13H13NO2.C3H6.H2/c1-21(2,3)25-20(23)11-12-24-19-9-7-16(8-10-19)13-22-14-17-5-4-6-18(17)15-22;15-13(16)14-12-9-5-4-8-11(12)10-6-2-1-3-7-10;1-3-2;/h7-10,17-18H,4-6,11-15H2,1-3H3;1-3,5-7,9,14H,4,8H2,(H,15,16);3H,1H2,2H3;1H. The molecule has 7 nitrogen and oxygen atoms in total. The summed E-state index contributed by atoms with van der Waals surface area (Å²) in [6.45, 7) is 14.8. The van der Waals surface area contributed by atoms with Gasteiger partial charge in [0.2, 0.25) is 0 Å². The molecule has 3 aliphatic rings. The molecule has 2 aromatic carbocycles. The molecular formula is C37H52N2O5. The highest BCUT2D eigenvalue weighted by Gasteiger charge is 2.35. The van der Waals surface area contributed by atoms with Crippen LogP contribution in [0.5, 0.6) is 5.75 Å². The van der Waals surface area contributed by atoms with Crippen molar-refractivity contribution in [3.05, 3.63) is 96.2 Å². The van der Waals surface area contributed by atoms with Gasteiger partial charge in [-0.05, 0) is 100 Å². The van der Waals surface area contributed by atoms with Crippen LogP contribution in [0.2, 0.25) is 0 Å². The smallest absolute Gasteiger partial charge is 0.409 e. The van der Waals surface area contributed by atoms with Crippen molar-refractivity contribution >= 4 is 17.6 Å². The number of rotatable bonds is 8. The van der Waals surface area contributed by atoms with Crippen LogP contribution in [0.25, 0.3) is 5.57 Å². The van der Waals surface area contributed by atoms with Crippen molar-refractivity contribution in [2.24, 2.45) is 11.8 Å². The molecule has 2 aliphatic carbocycles. The second-order valence-corrected chi connectivity index (χ2v) is 12.5. The summed E-state index contributed by atoms with van der Waals surface area (Å²) in [4.78, 5) is 24.9. The number of likely N-dealkylation sites (tertiary alicyclic amines) is 1. The van der Waals surface area contributed by atoms with Crippen LogP contribution in [0.3, 0.4) is 0 Å². The maximum atomic E-state index is 11.7. The molecule has 5 rings (SSSR count). The molecule has 240 valence electrons. The first kappa shape index (κ1) is 34.6. The monoisotopic (exact) mass is 604 g/mol. The number of hydrogen-bond donors (Lipinski definition) is 2. The molecule has 2 fully saturated rings. The summed E-state index contributed by atoms with van der Waals surface area (Å²) in [5, 5.41) is 11.2. The van der Waals surface area contributed by atoms with E-state index in [1.54, 1.807) is 6.08 Å². The molecule has 2 atom stereocenters. The van der Waals surface area contributed by atoms with E-state index in [9.17, 15) is 9.59 Å². The van der Waals surface area contributed by atoms with Gasteiger partial charge in [-0.2, -0.15) is 0 Å². The molecule has 2 aromatic rings. The zero-order valence-electron chi connectivity index (χ0n) is 26.9. The highest BCUT2D eigenvalue weighted by atomic mass is 16.6. The largest absolute Gasteiger partial charge is 0.493 e. The minimum atomic E-state index is -1.02. The fourth-order valence-electron chi connectivity index (χ4n) is 5.89. The van der Waals surface area contributed by atoms with Crippen LogP contribution >= 0.6 is 0 Å². The van der Waals surface area contributed by atoms with Gasteiger partial charge >= 0.3 is 12.1 Å². The molecule has 2 unspecified atom stereocenters. The number of carbonyl (C=O) groups excluding carboxylic acids is 1. The number of benzene rings is 2. The fourth-order valence-corrected chi connectivity index (χ4v) is 5.89. The summed E-state index contributed by atoms with van der Waals surface area (Å²) in [5.74, 6) is 2.47. The summed E-state index contributed by atoms with van der Waals surface area (Å²) in [7, 11) is 0. The van der Waals surface area contributed by atoms with Crippen LogP contribution in [-0.4, -0.2) is 47.4 Å². The van der Waals surface area contributed by atoms with E-state index in [0.29, 0.717) is 12.3 Å². The zero-order chi connectivity index (χ0) is 32.0. The minimum absolute atomic E-state index is 0. The summed E-state index contributed by atoms with van der Waals surface area (Å²) < 4.78 is 10.9. The first-order chi connectivity index (χ1) is 21.1. The summed E-state index contributed by atoms with van der Waals surface area (Å²) in [5.41, 5.74) is 3.72. The molecule has 0 spiro atoms. The van der Waals surface area contributed by atoms with Crippen molar-refractivity contribution in [2.75, 3.05) is 19.7 Å². The van der Waals surface area contributed by atoms with E-state index in [1.807, 2.05) is 82.3 Å². The van der Waals surface area contributed by atoms with E-state index in [0.717, 1.165) is 48.1 Å². The van der Waals surface area contributed by atoms with Crippen molar-refractivity contribution in [2.45, 2.75) is 78.4 Å². The Hall–Kier alpha value is -3.84. The summed E-state index contributed by atoms with van der Waals surface area (Å²) in [6.07, 6.45) is 10.9. The fraction of sp³-hybridized carbons (Fsp3) is 0.459. The van der Waals surface area contributed by atoms with E-state index in [1.165, 1.54) is 37.9 Å². The highest BCUT2D eigenvalue weighted by Crippen LogP contribution is 2.38. The minimum Gasteiger partial charge on any atom is -0.493 e. The van der Waals surface area contributed by atoms with Gasteiger partial charge in [0, 0.05) is 26.8 Å². The number of ether oxygens (including phenoxy) is 2. The molecule has 1 saturated heterocycles. The molecule has 1 saturated carbocycles. The van der Waals surface area contributed by atoms with E-state index in [-0.39, 0.29) is 13.8 Å². The lowest BCUT2D eigenvalue weighted by molar-refractivity contribution is -0.155. The Balaban J connectivity index is 0.000000304. The van der Waals surface area contributed by atoms with E-state index in [2.05, 4.69) is 28.9 Å². The maximum absolute atomic E-state index is 11.7. The number of hydrogen-bond acceptors (Lipinski definition) is 5. The second kappa shape index (κ2) is 17.5. The number of nitrogens with zero attached hydrogens (tertiary/aromatic N) is 1. The van der Waals surface area contributed by atoms with Crippen molar-refractivity contribution in [1.29, 1.82) is 0 Å². The maximum Gasteiger partial charge on any atom is 0.409 e. The lowest BCUT2D eigenvalue weighted by atomic mass is 9.95. The van der Waals surface area contributed by atoms with Crippen molar-refractivity contribution < 1.29 is 25.6 Å². The third-order valence-corrected chi connectivity index (χ3v) is 7.66. The van der Waals surface area contributed by atoms with E-state index in [4.69, 9.17) is 14.6 Å². The molecule has 7 heteroatoms. The Morgan fingerprint density at radius 2 is 1.70 bits per heavy atom. The first-order valence-electron chi connectivity index (χ1n) is 15.8. The lowest BCUT2D eigenvalue weighted by Crippen LogP contribution is -2.24. The van der Waals surface area contributed by atoms with Gasteiger partial charge in [-0.1, -0.05) is 61.0 Å². The normalized spacial score (nSPS) is 19.1. The van der Waals surface area contributed by atoms with Gasteiger partial charge < -0.3 is 14.6 Å². The van der Waals surface area contributed by atoms with Crippen molar-refractivity contribution in [1.82, 2.24) is 10.2 Å². The summed E-state index contributed by atoms with van der Waals surface area (Å²) >= 11 is 0. The van der Waals surface area contributed by atoms with Gasteiger partial charge in [-0.25, -0.2) is 4.79 Å². The topological polar surface area (TPSA) is 88.1 Å². The SMILES string of the molecule is C=CC.CC(C)(C)OC(=O)CCOc1ccc(CN2CC3CCCC3C2)cc1.O=C(O)NC1=C(c2ccccc2)CCC=C1.[HH]. The third kappa shape index (κ3) is 12.0. The molecule has 1 aliphatic heterocycles. The highest BCUT2D eigenvalue weighted by molar-refractivity contribution is 5.78. The van der Waals surface area contributed by atoms with Gasteiger partial charge in [0.05, 0.1) is 13.0 Å². The molecule has 0 radical (unpaired) electrons. The van der Waals surface area contributed by atoms with Crippen LogP contribution in [0, 0.1) is 11.8 Å². The van der Waals surface area contributed by atoms with Crippen LogP contribution in [0.1, 0.15) is 78.8 Å². The van der Waals surface area contributed by atoms with Gasteiger partial charge in [0.25, 0.3) is 0 Å². The van der Waals surface area contributed by atoms with Crippen LogP contribution in [0.4, 0.5) is 4.79 Å². The molecule has 0 bridgehead atoms. The number of fused-ring (bicyclic) bond motifs is 1. The molecular weight excluding hydrogens is 552 g/mol. The molecule has 44 heavy (non-hydrogen) atoms. The van der Waals surface area contributed by atoms with Crippen molar-refractivity contribution in [3.63, 3.8) is 0 Å². The Labute approximate surface area is 265 Å². The van der Waals surface area contributed by atoms with Gasteiger partial charge in [0.15, 0.2) is 0 Å². The van der Waals surface area contributed by atoms with Gasteiger partial charge in [-0.3, -0.25) is 15.0 Å². The number of carboxylic acid groups (broad SMARTS) is 1. The Morgan fingerprint density at radius 1 is 1.07 bits per heavy atom. The van der Waals surface area contributed by atoms with Gasteiger partial charge in [-0.15, -0.1) is 6.58 Å². The number of allylic oxidation sites excluding steroid dienone is 4. The lowest BCUT2D eigenvalue weighted by Gasteiger charge is -2.19. The second-order valence-electron chi connectivity index (χ2n) is 12.5. The first-order valence-corrected chi connectivity index (χ1v) is 15.8. The zero-order valence-corrected chi connectivity index (χ0v) is 26.9. The van der Waals surface area contributed by atoms with Crippen LogP contribution < -0.4 is 10.1 Å². The molecule has 2 N–H and O–H groups in total. The Morgan fingerprint density at radius 3 is 2.30 bits per heavy atom. The molecule has 0 aromatic heterocycles. The van der Waals surface area contributed by atoms with Gasteiger partial charge in [0.1, 0.15) is 11.4 Å². The molecule has 1 heterocycles. The summed E-state index contributed by atoms with van der Waals surface area (Å²) in [6, 6.07) is 18.1. The van der Waals surface area contributed by atoms with Crippen LogP contribution in [-0.2, 0) is 16.1 Å². The van der Waals surface area contributed by atoms with E-state index >= 15 is 0 Å². The Bertz CT molecular complexity index is 1260. The Kier molecular flexibility index (Phi) is 13.7. The van der Waals surface area contributed by atoms with Crippen molar-refractivity contribution in [3.8, 4) is 5.75 Å². The average molecular weight is 605 g/mol. The number of nitrogens with one attached hydrogen (secondary N) is 1. The predicted molar refractivity (Wildman–Crippen MR) is 179 cm³/mol.